The summed E-state index contributed by atoms with van der Waals surface area (Å²) < 4.78 is 5.13. The molecule has 1 saturated heterocycles. The predicted molar refractivity (Wildman–Crippen MR) is 105 cm³/mol. The number of benzene rings is 2. The van der Waals surface area contributed by atoms with Crippen LogP contribution in [0.2, 0.25) is 0 Å². The molecule has 0 aliphatic carbocycles. The van der Waals surface area contributed by atoms with Gasteiger partial charge < -0.3 is 15.4 Å². The summed E-state index contributed by atoms with van der Waals surface area (Å²) in [5.74, 6) is -0.250. The van der Waals surface area contributed by atoms with Crippen LogP contribution in [0.5, 0.6) is 5.75 Å². The number of hydrogen-bond donors (Lipinski definition) is 2. The van der Waals surface area contributed by atoms with Crippen molar-refractivity contribution in [2.75, 3.05) is 19.0 Å². The molecule has 1 heterocycles. The molecule has 0 spiro atoms. The van der Waals surface area contributed by atoms with E-state index in [-0.39, 0.29) is 6.54 Å². The average molecular weight is 381 g/mol. The van der Waals surface area contributed by atoms with Gasteiger partial charge in [-0.05, 0) is 42.7 Å². The fraction of sp³-hybridized carbons (Fsp3) is 0.286. The first-order valence-corrected chi connectivity index (χ1v) is 9.05. The van der Waals surface area contributed by atoms with Crippen molar-refractivity contribution in [3.05, 3.63) is 59.7 Å². The van der Waals surface area contributed by atoms with Crippen molar-refractivity contribution in [1.29, 1.82) is 0 Å². The molecule has 2 aromatic rings. The van der Waals surface area contributed by atoms with Crippen LogP contribution in [0.15, 0.2) is 48.5 Å². The van der Waals surface area contributed by atoms with Gasteiger partial charge in [0.1, 0.15) is 17.8 Å². The highest BCUT2D eigenvalue weighted by molar-refractivity contribution is 6.10. The van der Waals surface area contributed by atoms with Crippen molar-refractivity contribution >= 4 is 23.5 Å². The third-order valence-electron chi connectivity index (χ3n) is 4.92. The molecule has 0 aromatic heterocycles. The lowest BCUT2D eigenvalue weighted by Crippen LogP contribution is -2.42. The van der Waals surface area contributed by atoms with Gasteiger partial charge in [0, 0.05) is 5.69 Å². The lowest BCUT2D eigenvalue weighted by atomic mass is 9.92. The maximum absolute atomic E-state index is 12.9. The van der Waals surface area contributed by atoms with Crippen molar-refractivity contribution in [3.8, 4) is 5.75 Å². The summed E-state index contributed by atoms with van der Waals surface area (Å²) in [6.45, 7) is 3.26. The van der Waals surface area contributed by atoms with Crippen molar-refractivity contribution < 1.29 is 19.1 Å². The summed E-state index contributed by atoms with van der Waals surface area (Å²) in [7, 11) is 1.55. The first-order chi connectivity index (χ1) is 13.4. The Balaban J connectivity index is 1.75. The normalized spacial score (nSPS) is 18.8. The summed E-state index contributed by atoms with van der Waals surface area (Å²) in [6, 6.07) is 13.7. The fourth-order valence-corrected chi connectivity index (χ4v) is 3.24. The van der Waals surface area contributed by atoms with Crippen LogP contribution in [0.1, 0.15) is 25.0 Å². The molecule has 0 saturated carbocycles. The number of hydrogen-bond acceptors (Lipinski definition) is 4. The molecule has 7 heteroatoms. The molecule has 1 fully saturated rings. The molecular weight excluding hydrogens is 358 g/mol. The van der Waals surface area contributed by atoms with Crippen LogP contribution in [0.4, 0.5) is 10.5 Å². The van der Waals surface area contributed by atoms with E-state index in [1.54, 1.807) is 44.4 Å². The number of carbonyl (C=O) groups excluding carboxylic acids is 3. The molecule has 146 valence electrons. The predicted octanol–water partition coefficient (Wildman–Crippen LogP) is 2.66. The monoisotopic (exact) mass is 381 g/mol. The third kappa shape index (κ3) is 3.55. The highest BCUT2D eigenvalue weighted by atomic mass is 16.5. The van der Waals surface area contributed by atoms with E-state index >= 15 is 0 Å². The van der Waals surface area contributed by atoms with E-state index in [1.165, 1.54) is 0 Å². The molecule has 0 radical (unpaired) electrons. The molecule has 1 atom stereocenters. The number of anilines is 1. The minimum absolute atomic E-state index is 0.353. The number of rotatable bonds is 6. The second-order valence-corrected chi connectivity index (χ2v) is 6.73. The minimum atomic E-state index is -1.23. The summed E-state index contributed by atoms with van der Waals surface area (Å²) in [5.41, 5.74) is 1.05. The zero-order valence-electron chi connectivity index (χ0n) is 16.1. The number of aryl methyl sites for hydroxylation is 1. The van der Waals surface area contributed by atoms with Gasteiger partial charge in [0.25, 0.3) is 5.91 Å². The Bertz CT molecular complexity index is 910. The Labute approximate surface area is 163 Å². The molecule has 0 bridgehead atoms. The number of nitrogens with zero attached hydrogens (tertiary/aromatic N) is 1. The van der Waals surface area contributed by atoms with Gasteiger partial charge in [0.2, 0.25) is 5.91 Å². The van der Waals surface area contributed by atoms with Gasteiger partial charge in [-0.25, -0.2) is 4.79 Å². The summed E-state index contributed by atoms with van der Waals surface area (Å²) in [6.07, 6.45) is 0.759. The van der Waals surface area contributed by atoms with Crippen molar-refractivity contribution in [2.24, 2.45) is 0 Å². The smallest absolute Gasteiger partial charge is 0.325 e. The van der Waals surface area contributed by atoms with Crippen LogP contribution in [0.25, 0.3) is 0 Å². The number of nitrogens with one attached hydrogen (secondary N) is 2. The van der Waals surface area contributed by atoms with Gasteiger partial charge in [0.15, 0.2) is 0 Å². The number of para-hydroxylation sites is 1. The maximum atomic E-state index is 12.9. The average Bonchev–Trinajstić information content (AvgIpc) is 2.92. The number of imide groups is 1. The van der Waals surface area contributed by atoms with Crippen LogP contribution in [0, 0.1) is 0 Å². The summed E-state index contributed by atoms with van der Waals surface area (Å²) in [5, 5.41) is 5.47. The van der Waals surface area contributed by atoms with E-state index in [0.29, 0.717) is 17.0 Å². The van der Waals surface area contributed by atoms with E-state index in [1.807, 2.05) is 25.1 Å². The SMILES string of the molecule is CCc1ccccc1NC(=O)CN1C(=O)NC(C)(c2ccc(OC)cc2)C1=O. The molecular formula is C21H23N3O4. The number of amides is 4. The second-order valence-electron chi connectivity index (χ2n) is 6.73. The standard InChI is InChI=1S/C21H23N3O4/c1-4-14-7-5-6-8-17(14)22-18(25)13-24-19(26)21(2,23-20(24)27)15-9-11-16(28-3)12-10-15/h5-12H,4,13H2,1-3H3,(H,22,25)(H,23,27). The molecule has 1 unspecified atom stereocenters. The van der Waals surface area contributed by atoms with Crippen molar-refractivity contribution in [3.63, 3.8) is 0 Å². The van der Waals surface area contributed by atoms with Crippen LogP contribution in [0.3, 0.4) is 0 Å². The fourth-order valence-electron chi connectivity index (χ4n) is 3.24. The Morgan fingerprint density at radius 1 is 1.14 bits per heavy atom. The highest BCUT2D eigenvalue weighted by Crippen LogP contribution is 2.30. The molecule has 7 nitrogen and oxygen atoms in total. The zero-order chi connectivity index (χ0) is 20.3. The second kappa shape index (κ2) is 7.72. The van der Waals surface area contributed by atoms with Gasteiger partial charge in [-0.1, -0.05) is 37.3 Å². The molecule has 3 rings (SSSR count). The van der Waals surface area contributed by atoms with Crippen molar-refractivity contribution in [1.82, 2.24) is 10.2 Å². The van der Waals surface area contributed by atoms with Gasteiger partial charge in [-0.2, -0.15) is 0 Å². The molecule has 4 amide bonds. The molecule has 1 aliphatic rings. The van der Waals surface area contributed by atoms with Gasteiger partial charge in [-0.3, -0.25) is 14.5 Å². The first-order valence-electron chi connectivity index (χ1n) is 9.05. The zero-order valence-corrected chi connectivity index (χ0v) is 16.1. The van der Waals surface area contributed by atoms with Gasteiger partial charge >= 0.3 is 6.03 Å². The first kappa shape index (κ1) is 19.4. The van der Waals surface area contributed by atoms with Crippen molar-refractivity contribution in [2.45, 2.75) is 25.8 Å². The Hall–Kier alpha value is -3.35. The Morgan fingerprint density at radius 3 is 2.46 bits per heavy atom. The van der Waals surface area contributed by atoms with Gasteiger partial charge in [-0.15, -0.1) is 0 Å². The number of carbonyl (C=O) groups is 3. The topological polar surface area (TPSA) is 87.7 Å². The third-order valence-corrected chi connectivity index (χ3v) is 4.92. The Morgan fingerprint density at radius 2 is 1.82 bits per heavy atom. The maximum Gasteiger partial charge on any atom is 0.325 e. The van der Waals surface area contributed by atoms with Crippen LogP contribution in [-0.2, 0) is 21.5 Å². The van der Waals surface area contributed by atoms with Gasteiger partial charge in [0.05, 0.1) is 7.11 Å². The molecule has 1 aliphatic heterocycles. The molecule has 28 heavy (non-hydrogen) atoms. The number of ether oxygens (including phenoxy) is 1. The minimum Gasteiger partial charge on any atom is -0.497 e. The van der Waals surface area contributed by atoms with E-state index in [4.69, 9.17) is 4.74 Å². The number of methoxy groups -OCH3 is 1. The number of urea groups is 1. The highest BCUT2D eigenvalue weighted by Gasteiger charge is 2.49. The summed E-state index contributed by atoms with van der Waals surface area (Å²) >= 11 is 0. The summed E-state index contributed by atoms with van der Waals surface area (Å²) in [4.78, 5) is 38.7. The Kier molecular flexibility index (Phi) is 5.35. The largest absolute Gasteiger partial charge is 0.497 e. The lowest BCUT2D eigenvalue weighted by Gasteiger charge is -2.22. The molecule has 2 N–H and O–H groups in total. The van der Waals surface area contributed by atoms with E-state index in [2.05, 4.69) is 10.6 Å². The van der Waals surface area contributed by atoms with Crippen LogP contribution >= 0.6 is 0 Å². The quantitative estimate of drug-likeness (QED) is 0.753. The van der Waals surface area contributed by atoms with Crippen LogP contribution in [-0.4, -0.2) is 36.4 Å². The lowest BCUT2D eigenvalue weighted by molar-refractivity contribution is -0.133. The molecule has 2 aromatic carbocycles. The van der Waals surface area contributed by atoms with Crippen LogP contribution < -0.4 is 15.4 Å². The van der Waals surface area contributed by atoms with E-state index in [9.17, 15) is 14.4 Å². The van der Waals surface area contributed by atoms with E-state index in [0.717, 1.165) is 16.9 Å². The van der Waals surface area contributed by atoms with E-state index < -0.39 is 23.4 Å².